The van der Waals surface area contributed by atoms with Crippen LogP contribution in [0.15, 0.2) is 0 Å². The SMILES string of the molecule is COC(=O)CO[C@H]1CC[C@H](N2CCNCC2=O)CC1. The van der Waals surface area contributed by atoms with Crippen LogP contribution in [0.3, 0.4) is 0 Å². The van der Waals surface area contributed by atoms with Gasteiger partial charge in [0.25, 0.3) is 0 Å². The first-order chi connectivity index (χ1) is 9.20. The molecule has 1 saturated heterocycles. The van der Waals surface area contributed by atoms with E-state index >= 15 is 0 Å². The lowest BCUT2D eigenvalue weighted by Crippen LogP contribution is -2.53. The van der Waals surface area contributed by atoms with Gasteiger partial charge in [0.1, 0.15) is 6.61 Å². The van der Waals surface area contributed by atoms with Crippen LogP contribution in [0.5, 0.6) is 0 Å². The molecule has 1 saturated carbocycles. The summed E-state index contributed by atoms with van der Waals surface area (Å²) in [4.78, 5) is 24.8. The van der Waals surface area contributed by atoms with E-state index in [9.17, 15) is 9.59 Å². The lowest BCUT2D eigenvalue weighted by Gasteiger charge is -2.38. The zero-order chi connectivity index (χ0) is 13.7. The van der Waals surface area contributed by atoms with Crippen LogP contribution in [0.1, 0.15) is 25.7 Å². The Kier molecular flexibility index (Phi) is 5.15. The van der Waals surface area contributed by atoms with E-state index in [1.54, 1.807) is 0 Å². The molecule has 0 aromatic rings. The molecule has 1 aliphatic heterocycles. The van der Waals surface area contributed by atoms with Gasteiger partial charge in [0.15, 0.2) is 0 Å². The first kappa shape index (κ1) is 14.3. The quantitative estimate of drug-likeness (QED) is 0.724. The smallest absolute Gasteiger partial charge is 0.331 e. The van der Waals surface area contributed by atoms with Crippen molar-refractivity contribution < 1.29 is 19.1 Å². The van der Waals surface area contributed by atoms with E-state index < -0.39 is 0 Å². The molecule has 2 aliphatic rings. The fraction of sp³-hybridized carbons (Fsp3) is 0.846. The second kappa shape index (κ2) is 6.86. The van der Waals surface area contributed by atoms with E-state index in [2.05, 4.69) is 10.1 Å². The molecule has 0 aromatic heterocycles. The van der Waals surface area contributed by atoms with Gasteiger partial charge in [-0.05, 0) is 25.7 Å². The topological polar surface area (TPSA) is 67.9 Å². The number of hydrogen-bond acceptors (Lipinski definition) is 5. The minimum atomic E-state index is -0.334. The maximum absolute atomic E-state index is 11.8. The first-order valence-electron chi connectivity index (χ1n) is 6.89. The highest BCUT2D eigenvalue weighted by molar-refractivity contribution is 5.79. The lowest BCUT2D eigenvalue weighted by molar-refractivity contribution is -0.149. The van der Waals surface area contributed by atoms with Crippen molar-refractivity contribution >= 4 is 11.9 Å². The van der Waals surface area contributed by atoms with Crippen molar-refractivity contribution in [1.29, 1.82) is 0 Å². The number of methoxy groups -OCH3 is 1. The van der Waals surface area contributed by atoms with Gasteiger partial charge < -0.3 is 19.7 Å². The molecule has 0 aromatic carbocycles. The molecule has 0 bridgehead atoms. The highest BCUT2D eigenvalue weighted by Gasteiger charge is 2.30. The number of ether oxygens (including phenoxy) is 2. The zero-order valence-electron chi connectivity index (χ0n) is 11.4. The Hall–Kier alpha value is -1.14. The Bertz CT molecular complexity index is 327. The molecule has 6 nitrogen and oxygen atoms in total. The maximum atomic E-state index is 11.8. The number of esters is 1. The van der Waals surface area contributed by atoms with Crippen LogP contribution in [-0.2, 0) is 19.1 Å². The molecule has 1 aliphatic carbocycles. The van der Waals surface area contributed by atoms with Gasteiger partial charge >= 0.3 is 5.97 Å². The van der Waals surface area contributed by atoms with Gasteiger partial charge in [-0.3, -0.25) is 4.79 Å². The number of nitrogens with zero attached hydrogens (tertiary/aromatic N) is 1. The highest BCUT2D eigenvalue weighted by Crippen LogP contribution is 2.25. The third-order valence-corrected chi connectivity index (χ3v) is 3.88. The second-order valence-corrected chi connectivity index (χ2v) is 5.08. The fourth-order valence-electron chi connectivity index (χ4n) is 2.78. The summed E-state index contributed by atoms with van der Waals surface area (Å²) in [5.41, 5.74) is 0. The molecule has 1 amide bonds. The minimum absolute atomic E-state index is 0.0262. The molecule has 0 unspecified atom stereocenters. The van der Waals surface area contributed by atoms with E-state index in [0.29, 0.717) is 12.6 Å². The molecular formula is C13H22N2O4. The number of rotatable bonds is 4. The molecule has 0 atom stereocenters. The summed E-state index contributed by atoms with van der Waals surface area (Å²) in [5.74, 6) is -0.135. The fourth-order valence-corrected chi connectivity index (χ4v) is 2.78. The van der Waals surface area contributed by atoms with Gasteiger partial charge in [0.05, 0.1) is 19.8 Å². The molecule has 108 valence electrons. The average Bonchev–Trinajstić information content (AvgIpc) is 2.46. The van der Waals surface area contributed by atoms with Gasteiger partial charge in [-0.25, -0.2) is 4.79 Å². The van der Waals surface area contributed by atoms with E-state index in [1.165, 1.54) is 7.11 Å². The predicted molar refractivity (Wildman–Crippen MR) is 68.6 cm³/mol. The van der Waals surface area contributed by atoms with Gasteiger partial charge in [-0.1, -0.05) is 0 Å². The number of amides is 1. The van der Waals surface area contributed by atoms with E-state index in [0.717, 1.165) is 38.8 Å². The largest absolute Gasteiger partial charge is 0.467 e. The van der Waals surface area contributed by atoms with Crippen molar-refractivity contribution in [3.63, 3.8) is 0 Å². The summed E-state index contributed by atoms with van der Waals surface area (Å²) in [5, 5.41) is 3.08. The number of carbonyl (C=O) groups excluding carboxylic acids is 2. The molecule has 6 heteroatoms. The molecule has 19 heavy (non-hydrogen) atoms. The van der Waals surface area contributed by atoms with Crippen LogP contribution >= 0.6 is 0 Å². The molecular weight excluding hydrogens is 248 g/mol. The minimum Gasteiger partial charge on any atom is -0.467 e. The van der Waals surface area contributed by atoms with Crippen molar-refractivity contribution in [1.82, 2.24) is 10.2 Å². The van der Waals surface area contributed by atoms with Crippen LogP contribution in [0.4, 0.5) is 0 Å². The number of piperazine rings is 1. The third-order valence-electron chi connectivity index (χ3n) is 3.88. The van der Waals surface area contributed by atoms with Crippen molar-refractivity contribution in [2.24, 2.45) is 0 Å². The summed E-state index contributed by atoms with van der Waals surface area (Å²) < 4.78 is 10.1. The Morgan fingerprint density at radius 1 is 1.37 bits per heavy atom. The van der Waals surface area contributed by atoms with Gasteiger partial charge in [-0.2, -0.15) is 0 Å². The number of hydrogen-bond donors (Lipinski definition) is 1. The van der Waals surface area contributed by atoms with Crippen LogP contribution in [0.2, 0.25) is 0 Å². The Balaban J connectivity index is 1.72. The van der Waals surface area contributed by atoms with E-state index in [4.69, 9.17) is 4.74 Å². The Labute approximate surface area is 113 Å². The molecule has 2 fully saturated rings. The molecule has 1 heterocycles. The van der Waals surface area contributed by atoms with Crippen molar-refractivity contribution in [3.05, 3.63) is 0 Å². The summed E-state index contributed by atoms with van der Waals surface area (Å²) in [7, 11) is 1.36. The lowest BCUT2D eigenvalue weighted by atomic mass is 9.91. The number of carbonyl (C=O) groups is 2. The van der Waals surface area contributed by atoms with Gasteiger partial charge in [-0.15, -0.1) is 0 Å². The predicted octanol–water partition coefficient (Wildman–Crippen LogP) is -0.0810. The van der Waals surface area contributed by atoms with Crippen LogP contribution in [0.25, 0.3) is 0 Å². The third kappa shape index (κ3) is 3.91. The normalized spacial score (nSPS) is 28.3. The second-order valence-electron chi connectivity index (χ2n) is 5.08. The van der Waals surface area contributed by atoms with Gasteiger partial charge in [0.2, 0.25) is 5.91 Å². The Morgan fingerprint density at radius 2 is 2.11 bits per heavy atom. The zero-order valence-corrected chi connectivity index (χ0v) is 11.4. The standard InChI is InChI=1S/C13H22N2O4/c1-18-13(17)9-19-11-4-2-10(3-5-11)15-7-6-14-8-12(15)16/h10-11,14H,2-9H2,1H3/t10-,11-. The van der Waals surface area contributed by atoms with Crippen molar-refractivity contribution in [3.8, 4) is 0 Å². The number of nitrogens with one attached hydrogen (secondary N) is 1. The average molecular weight is 270 g/mol. The molecule has 2 rings (SSSR count). The monoisotopic (exact) mass is 270 g/mol. The maximum Gasteiger partial charge on any atom is 0.331 e. The molecule has 1 N–H and O–H groups in total. The molecule has 0 radical (unpaired) electrons. The van der Waals surface area contributed by atoms with Crippen LogP contribution in [0, 0.1) is 0 Å². The highest BCUT2D eigenvalue weighted by atomic mass is 16.6. The summed E-state index contributed by atoms with van der Waals surface area (Å²) in [6.07, 6.45) is 3.83. The molecule has 0 spiro atoms. The van der Waals surface area contributed by atoms with Crippen molar-refractivity contribution in [2.75, 3.05) is 33.4 Å². The summed E-state index contributed by atoms with van der Waals surface area (Å²) in [6, 6.07) is 0.340. The Morgan fingerprint density at radius 3 is 2.74 bits per heavy atom. The summed E-state index contributed by atoms with van der Waals surface area (Å²) >= 11 is 0. The van der Waals surface area contributed by atoms with Crippen LogP contribution in [-0.4, -0.2) is 62.3 Å². The van der Waals surface area contributed by atoms with Crippen LogP contribution < -0.4 is 5.32 Å². The van der Waals surface area contributed by atoms with E-state index in [-0.39, 0.29) is 24.6 Å². The van der Waals surface area contributed by atoms with Gasteiger partial charge in [0, 0.05) is 19.1 Å². The first-order valence-corrected chi connectivity index (χ1v) is 6.89. The summed E-state index contributed by atoms with van der Waals surface area (Å²) in [6.45, 7) is 2.17. The van der Waals surface area contributed by atoms with E-state index in [1.807, 2.05) is 4.90 Å². The van der Waals surface area contributed by atoms with Crippen molar-refractivity contribution in [2.45, 2.75) is 37.8 Å².